The van der Waals surface area contributed by atoms with Crippen LogP contribution in [0.2, 0.25) is 0 Å². The Labute approximate surface area is 79.8 Å². The lowest BCUT2D eigenvalue weighted by Gasteiger charge is -2.22. The van der Waals surface area contributed by atoms with Gasteiger partial charge in [-0.1, -0.05) is 6.07 Å². The van der Waals surface area contributed by atoms with Crippen LogP contribution in [0.5, 0.6) is 5.75 Å². The highest BCUT2D eigenvalue weighted by atomic mass is 19.2. The first-order valence-corrected chi connectivity index (χ1v) is 3.97. The maximum Gasteiger partial charge on any atom is 0.200 e. The summed E-state index contributed by atoms with van der Waals surface area (Å²) >= 11 is 0. The summed E-state index contributed by atoms with van der Waals surface area (Å²) in [4.78, 5) is 0. The lowest BCUT2D eigenvalue weighted by Crippen LogP contribution is -2.38. The van der Waals surface area contributed by atoms with E-state index in [1.54, 1.807) is 0 Å². The molecule has 1 aromatic carbocycles. The molecule has 5 heteroatoms. The van der Waals surface area contributed by atoms with Crippen LogP contribution in [-0.4, -0.2) is 16.8 Å². The van der Waals surface area contributed by atoms with Gasteiger partial charge in [0.05, 0.1) is 12.1 Å². The summed E-state index contributed by atoms with van der Waals surface area (Å²) in [5.74, 6) is -3.36. The van der Waals surface area contributed by atoms with Gasteiger partial charge in [0.25, 0.3) is 0 Å². The number of nitrogens with two attached hydrogens (primary N) is 1. The van der Waals surface area contributed by atoms with Crippen molar-refractivity contribution in [1.29, 1.82) is 0 Å². The van der Waals surface area contributed by atoms with Crippen molar-refractivity contribution < 1.29 is 19.0 Å². The molecule has 0 aliphatic carbocycles. The van der Waals surface area contributed by atoms with Gasteiger partial charge in [-0.15, -0.1) is 0 Å². The molecule has 0 saturated heterocycles. The van der Waals surface area contributed by atoms with E-state index >= 15 is 0 Å². The molecule has 78 valence electrons. The molecule has 0 aliphatic rings. The second-order valence-electron chi connectivity index (χ2n) is 3.34. The van der Waals surface area contributed by atoms with Crippen LogP contribution in [0.25, 0.3) is 0 Å². The van der Waals surface area contributed by atoms with E-state index in [0.29, 0.717) is 0 Å². The van der Waals surface area contributed by atoms with E-state index in [-0.39, 0.29) is 5.56 Å². The van der Waals surface area contributed by atoms with E-state index in [0.717, 1.165) is 12.1 Å². The fourth-order valence-electron chi connectivity index (χ4n) is 1.07. The molecule has 0 radical (unpaired) electrons. The Morgan fingerprint density at radius 3 is 2.43 bits per heavy atom. The Bertz CT molecular complexity index is 353. The maximum atomic E-state index is 13.2. The van der Waals surface area contributed by atoms with Crippen LogP contribution in [0.1, 0.15) is 12.5 Å². The predicted molar refractivity (Wildman–Crippen MR) is 46.6 cm³/mol. The number of benzene rings is 1. The van der Waals surface area contributed by atoms with E-state index in [2.05, 4.69) is 0 Å². The zero-order chi connectivity index (χ0) is 10.9. The number of aliphatic hydroxyl groups is 1. The lowest BCUT2D eigenvalue weighted by molar-refractivity contribution is 0.205. The SMILES string of the molecule is CC(N)(CO)c1ccc(O)c(F)c1F. The van der Waals surface area contributed by atoms with Gasteiger partial charge in [0.1, 0.15) is 0 Å². The lowest BCUT2D eigenvalue weighted by atomic mass is 9.93. The summed E-state index contributed by atoms with van der Waals surface area (Å²) in [6, 6.07) is 2.14. The molecule has 0 aliphatic heterocycles. The van der Waals surface area contributed by atoms with Gasteiger partial charge >= 0.3 is 0 Å². The second kappa shape index (κ2) is 3.51. The average molecular weight is 203 g/mol. The van der Waals surface area contributed by atoms with Gasteiger partial charge in [-0.25, -0.2) is 4.39 Å². The fraction of sp³-hybridized carbons (Fsp3) is 0.333. The smallest absolute Gasteiger partial charge is 0.200 e. The highest BCUT2D eigenvalue weighted by Crippen LogP contribution is 2.27. The van der Waals surface area contributed by atoms with Gasteiger partial charge in [0.15, 0.2) is 11.6 Å². The van der Waals surface area contributed by atoms with Gasteiger partial charge in [0.2, 0.25) is 5.82 Å². The quantitative estimate of drug-likeness (QED) is 0.667. The van der Waals surface area contributed by atoms with Gasteiger partial charge < -0.3 is 15.9 Å². The molecule has 0 spiro atoms. The first kappa shape index (κ1) is 10.9. The normalized spacial score (nSPS) is 15.2. The first-order valence-electron chi connectivity index (χ1n) is 3.97. The fourth-order valence-corrected chi connectivity index (χ4v) is 1.07. The number of aliphatic hydroxyl groups excluding tert-OH is 1. The van der Waals surface area contributed by atoms with Crippen LogP contribution in [-0.2, 0) is 5.54 Å². The Hall–Kier alpha value is -1.20. The third-order valence-corrected chi connectivity index (χ3v) is 2.01. The minimum absolute atomic E-state index is 0.171. The maximum absolute atomic E-state index is 13.2. The van der Waals surface area contributed by atoms with Crippen molar-refractivity contribution >= 4 is 0 Å². The number of hydrogen-bond acceptors (Lipinski definition) is 3. The van der Waals surface area contributed by atoms with E-state index < -0.39 is 29.5 Å². The van der Waals surface area contributed by atoms with Crippen LogP contribution in [0.3, 0.4) is 0 Å². The summed E-state index contributed by atoms with van der Waals surface area (Å²) in [7, 11) is 0. The zero-order valence-corrected chi connectivity index (χ0v) is 7.59. The number of aromatic hydroxyl groups is 1. The molecule has 1 rings (SSSR count). The Kier molecular flexibility index (Phi) is 2.73. The minimum Gasteiger partial charge on any atom is -0.505 e. The molecule has 0 amide bonds. The van der Waals surface area contributed by atoms with Crippen molar-refractivity contribution in [1.82, 2.24) is 0 Å². The molecule has 1 unspecified atom stereocenters. The first-order chi connectivity index (χ1) is 6.40. The van der Waals surface area contributed by atoms with Crippen LogP contribution >= 0.6 is 0 Å². The number of phenols is 1. The number of rotatable bonds is 2. The van der Waals surface area contributed by atoms with Gasteiger partial charge in [-0.2, -0.15) is 4.39 Å². The third kappa shape index (κ3) is 1.69. The molecule has 0 bridgehead atoms. The minimum atomic E-state index is -1.36. The number of hydrogen-bond donors (Lipinski definition) is 3. The van der Waals surface area contributed by atoms with Crippen LogP contribution in [0.4, 0.5) is 8.78 Å². The Morgan fingerprint density at radius 1 is 1.36 bits per heavy atom. The largest absolute Gasteiger partial charge is 0.505 e. The van der Waals surface area contributed by atoms with Crippen molar-refractivity contribution in [3.63, 3.8) is 0 Å². The molecule has 0 saturated carbocycles. The monoisotopic (exact) mass is 203 g/mol. The highest BCUT2D eigenvalue weighted by molar-refractivity contribution is 5.33. The molecule has 14 heavy (non-hydrogen) atoms. The summed E-state index contributed by atoms with van der Waals surface area (Å²) in [6.07, 6.45) is 0. The summed E-state index contributed by atoms with van der Waals surface area (Å²) in [6.45, 7) is 0.843. The van der Waals surface area contributed by atoms with Gasteiger partial charge in [-0.3, -0.25) is 0 Å². The second-order valence-corrected chi connectivity index (χ2v) is 3.34. The van der Waals surface area contributed by atoms with Crippen LogP contribution in [0, 0.1) is 11.6 Å². The van der Waals surface area contributed by atoms with Crippen molar-refractivity contribution in [2.45, 2.75) is 12.5 Å². The van der Waals surface area contributed by atoms with Crippen molar-refractivity contribution in [3.8, 4) is 5.75 Å². The van der Waals surface area contributed by atoms with Crippen molar-refractivity contribution in [2.24, 2.45) is 5.73 Å². The highest BCUT2D eigenvalue weighted by Gasteiger charge is 2.26. The van der Waals surface area contributed by atoms with E-state index in [1.807, 2.05) is 0 Å². The molecule has 1 atom stereocenters. The van der Waals surface area contributed by atoms with Gasteiger partial charge in [0, 0.05) is 5.56 Å². The standard InChI is InChI=1S/C9H11F2NO2/c1-9(12,4-13)5-2-3-6(14)8(11)7(5)10/h2-3,13-14H,4,12H2,1H3. The van der Waals surface area contributed by atoms with Gasteiger partial charge in [-0.05, 0) is 13.0 Å². The molecule has 0 fully saturated rings. The predicted octanol–water partition coefficient (Wildman–Crippen LogP) is 0.837. The van der Waals surface area contributed by atoms with E-state index in [9.17, 15) is 8.78 Å². The van der Waals surface area contributed by atoms with E-state index in [4.69, 9.17) is 15.9 Å². The summed E-state index contributed by atoms with van der Waals surface area (Å²) < 4.78 is 26.1. The summed E-state index contributed by atoms with van der Waals surface area (Å²) in [5, 5.41) is 17.7. The van der Waals surface area contributed by atoms with Crippen LogP contribution < -0.4 is 5.73 Å². The average Bonchev–Trinajstić information content (AvgIpc) is 2.14. The molecule has 0 aromatic heterocycles. The van der Waals surface area contributed by atoms with Crippen LogP contribution in [0.15, 0.2) is 12.1 Å². The third-order valence-electron chi connectivity index (χ3n) is 2.01. The molecule has 3 nitrogen and oxygen atoms in total. The molecular weight excluding hydrogens is 192 g/mol. The topological polar surface area (TPSA) is 66.5 Å². The molecule has 0 heterocycles. The Balaban J connectivity index is 3.31. The van der Waals surface area contributed by atoms with Crippen molar-refractivity contribution in [3.05, 3.63) is 29.3 Å². The molecular formula is C9H11F2NO2. The Morgan fingerprint density at radius 2 is 1.93 bits per heavy atom. The molecule has 4 N–H and O–H groups in total. The van der Waals surface area contributed by atoms with Crippen molar-refractivity contribution in [2.75, 3.05) is 6.61 Å². The molecule has 1 aromatic rings. The summed E-state index contributed by atoms with van der Waals surface area (Å²) in [5.41, 5.74) is 3.99. The number of phenolic OH excluding ortho intramolecular Hbond substituents is 1. The van der Waals surface area contributed by atoms with E-state index in [1.165, 1.54) is 6.92 Å². The number of halogens is 2. The zero-order valence-electron chi connectivity index (χ0n) is 7.59.